The van der Waals surface area contributed by atoms with Gasteiger partial charge in [0.05, 0.1) is 13.1 Å². The van der Waals surface area contributed by atoms with Crippen LogP contribution < -0.4 is 4.90 Å². The molecule has 82 valence electrons. The van der Waals surface area contributed by atoms with Gasteiger partial charge in [-0.3, -0.25) is 0 Å². The first-order valence-electron chi connectivity index (χ1n) is 5.40. The first-order valence-corrected chi connectivity index (χ1v) is 6.28. The van der Waals surface area contributed by atoms with E-state index < -0.39 is 0 Å². The Morgan fingerprint density at radius 3 is 2.93 bits per heavy atom. The fraction of sp³-hybridized carbons (Fsp3) is 0.545. The molecule has 1 aliphatic rings. The van der Waals surface area contributed by atoms with Crippen LogP contribution in [-0.2, 0) is 4.74 Å². The van der Waals surface area contributed by atoms with Crippen LogP contribution in [0, 0.1) is 0 Å². The zero-order valence-corrected chi connectivity index (χ0v) is 9.52. The predicted molar refractivity (Wildman–Crippen MR) is 59.4 cm³/mol. The Morgan fingerprint density at radius 1 is 1.47 bits per heavy atom. The number of carbonyl (C=O) groups is 1. The largest absolute Gasteiger partial charge is 0.456 e. The molecule has 2 rings (SSSR count). The second kappa shape index (κ2) is 5.28. The number of esters is 1. The van der Waals surface area contributed by atoms with Crippen LogP contribution in [-0.4, -0.2) is 32.2 Å². The number of nitrogens with one attached hydrogen (secondary N) is 1. The summed E-state index contributed by atoms with van der Waals surface area (Å²) in [5.74, 6) is -0.177. The van der Waals surface area contributed by atoms with E-state index in [1.54, 1.807) is 11.0 Å². The number of quaternary nitrogens is 1. The van der Waals surface area contributed by atoms with Crippen LogP contribution >= 0.6 is 11.3 Å². The van der Waals surface area contributed by atoms with Crippen LogP contribution in [0.3, 0.4) is 0 Å². The van der Waals surface area contributed by atoms with Crippen molar-refractivity contribution in [3.05, 3.63) is 22.4 Å². The van der Waals surface area contributed by atoms with Crippen molar-refractivity contribution in [3.8, 4) is 0 Å². The van der Waals surface area contributed by atoms with Gasteiger partial charge in [0.2, 0.25) is 0 Å². The molecule has 1 aromatic heterocycles. The average Bonchev–Trinajstić information content (AvgIpc) is 2.90. The molecule has 0 spiro atoms. The highest BCUT2D eigenvalue weighted by molar-refractivity contribution is 7.11. The number of hydrogen-bond donors (Lipinski definition) is 1. The van der Waals surface area contributed by atoms with Gasteiger partial charge in [0.1, 0.15) is 18.0 Å². The van der Waals surface area contributed by atoms with Crippen molar-refractivity contribution in [3.63, 3.8) is 0 Å². The monoisotopic (exact) mass is 226 g/mol. The van der Waals surface area contributed by atoms with E-state index in [-0.39, 0.29) is 5.97 Å². The van der Waals surface area contributed by atoms with Crippen molar-refractivity contribution < 1.29 is 14.4 Å². The Morgan fingerprint density at radius 2 is 2.27 bits per heavy atom. The van der Waals surface area contributed by atoms with E-state index >= 15 is 0 Å². The summed E-state index contributed by atoms with van der Waals surface area (Å²) in [5, 5.41) is 1.89. The van der Waals surface area contributed by atoms with Gasteiger partial charge in [0, 0.05) is 12.8 Å². The van der Waals surface area contributed by atoms with Crippen LogP contribution in [0.5, 0.6) is 0 Å². The van der Waals surface area contributed by atoms with Crippen molar-refractivity contribution in [2.75, 3.05) is 26.2 Å². The smallest absolute Gasteiger partial charge is 0.348 e. The Hall–Kier alpha value is -0.870. The highest BCUT2D eigenvalue weighted by Crippen LogP contribution is 2.09. The Kier molecular flexibility index (Phi) is 3.75. The van der Waals surface area contributed by atoms with Gasteiger partial charge in [0.25, 0.3) is 0 Å². The molecule has 1 saturated heterocycles. The summed E-state index contributed by atoms with van der Waals surface area (Å²) in [6.07, 6.45) is 2.63. The van der Waals surface area contributed by atoms with Crippen molar-refractivity contribution in [2.24, 2.45) is 0 Å². The first-order chi connectivity index (χ1) is 7.36. The molecule has 4 heteroatoms. The number of likely N-dealkylation sites (tertiary alicyclic amines) is 1. The van der Waals surface area contributed by atoms with Crippen molar-refractivity contribution in [2.45, 2.75) is 12.8 Å². The van der Waals surface area contributed by atoms with Gasteiger partial charge in [-0.05, 0) is 11.4 Å². The second-order valence-corrected chi connectivity index (χ2v) is 4.77. The highest BCUT2D eigenvalue weighted by atomic mass is 32.1. The van der Waals surface area contributed by atoms with Crippen molar-refractivity contribution >= 4 is 17.3 Å². The fourth-order valence-corrected chi connectivity index (χ4v) is 2.49. The van der Waals surface area contributed by atoms with Gasteiger partial charge in [-0.15, -0.1) is 11.3 Å². The quantitative estimate of drug-likeness (QED) is 0.762. The topological polar surface area (TPSA) is 30.7 Å². The van der Waals surface area contributed by atoms with E-state index in [0.29, 0.717) is 11.5 Å². The fourth-order valence-electron chi connectivity index (χ4n) is 1.88. The third-order valence-corrected chi connectivity index (χ3v) is 3.57. The minimum Gasteiger partial charge on any atom is -0.456 e. The van der Waals surface area contributed by atoms with Crippen LogP contribution in [0.4, 0.5) is 0 Å². The van der Waals surface area contributed by atoms with Gasteiger partial charge < -0.3 is 9.64 Å². The van der Waals surface area contributed by atoms with Crippen molar-refractivity contribution in [1.82, 2.24) is 0 Å². The Balaban J connectivity index is 1.67. The Labute approximate surface area is 93.7 Å². The van der Waals surface area contributed by atoms with Gasteiger partial charge in [-0.25, -0.2) is 4.79 Å². The third-order valence-electron chi connectivity index (χ3n) is 2.72. The summed E-state index contributed by atoms with van der Waals surface area (Å²) in [4.78, 5) is 13.7. The van der Waals surface area contributed by atoms with Gasteiger partial charge in [-0.2, -0.15) is 0 Å². The Bertz CT molecular complexity index is 304. The number of rotatable bonds is 4. The molecular weight excluding hydrogens is 210 g/mol. The minimum absolute atomic E-state index is 0.177. The number of carbonyl (C=O) groups excluding carboxylic acids is 1. The lowest BCUT2D eigenvalue weighted by Gasteiger charge is -2.11. The number of thiophene rings is 1. The maximum atomic E-state index is 11.5. The molecule has 0 aliphatic carbocycles. The van der Waals surface area contributed by atoms with E-state index in [0.717, 1.165) is 6.54 Å². The molecule has 0 aromatic carbocycles. The standard InChI is InChI=1S/C11H15NO2S/c13-11(10-4-3-9-15-10)14-8-7-12-5-1-2-6-12/h3-4,9H,1-2,5-8H2/p+1. The average molecular weight is 226 g/mol. The van der Waals surface area contributed by atoms with Gasteiger partial charge in [-0.1, -0.05) is 6.07 Å². The summed E-state index contributed by atoms with van der Waals surface area (Å²) >= 11 is 1.43. The normalized spacial score (nSPS) is 16.8. The summed E-state index contributed by atoms with van der Waals surface area (Å²) in [6, 6.07) is 3.67. The molecule has 0 saturated carbocycles. The van der Waals surface area contributed by atoms with E-state index in [4.69, 9.17) is 4.74 Å². The maximum absolute atomic E-state index is 11.5. The minimum atomic E-state index is -0.177. The predicted octanol–water partition coefficient (Wildman–Crippen LogP) is 0.584. The zero-order chi connectivity index (χ0) is 10.5. The second-order valence-electron chi connectivity index (χ2n) is 3.82. The highest BCUT2D eigenvalue weighted by Gasteiger charge is 2.15. The summed E-state index contributed by atoms with van der Waals surface area (Å²) in [5.41, 5.74) is 0. The molecule has 0 radical (unpaired) electrons. The third kappa shape index (κ3) is 3.04. The first kappa shape index (κ1) is 10.6. The van der Waals surface area contributed by atoms with E-state index in [2.05, 4.69) is 0 Å². The summed E-state index contributed by atoms with van der Waals surface area (Å²) in [7, 11) is 0. The lowest BCUT2D eigenvalue weighted by Crippen LogP contribution is -3.10. The molecule has 2 heterocycles. The van der Waals surface area contributed by atoms with Gasteiger partial charge in [0.15, 0.2) is 0 Å². The zero-order valence-electron chi connectivity index (χ0n) is 8.70. The number of ether oxygens (including phenoxy) is 1. The van der Waals surface area contributed by atoms with Crippen LogP contribution in [0.1, 0.15) is 22.5 Å². The maximum Gasteiger partial charge on any atom is 0.348 e. The molecule has 1 fully saturated rings. The lowest BCUT2D eigenvalue weighted by atomic mass is 10.4. The molecule has 1 aliphatic heterocycles. The molecule has 0 unspecified atom stereocenters. The van der Waals surface area contributed by atoms with Crippen LogP contribution in [0.2, 0.25) is 0 Å². The van der Waals surface area contributed by atoms with Crippen molar-refractivity contribution in [1.29, 1.82) is 0 Å². The van der Waals surface area contributed by atoms with Gasteiger partial charge >= 0.3 is 5.97 Å². The molecule has 3 nitrogen and oxygen atoms in total. The van der Waals surface area contributed by atoms with Crippen LogP contribution in [0.15, 0.2) is 17.5 Å². The lowest BCUT2D eigenvalue weighted by molar-refractivity contribution is -0.887. The molecule has 0 bridgehead atoms. The summed E-state index contributed by atoms with van der Waals surface area (Å²) in [6.45, 7) is 3.97. The molecule has 15 heavy (non-hydrogen) atoms. The van der Waals surface area contributed by atoms with E-state index in [1.165, 1.54) is 37.3 Å². The SMILES string of the molecule is O=C(OCC[NH+]1CCCC1)c1cccs1. The molecule has 1 aromatic rings. The molecule has 1 N–H and O–H groups in total. The van der Waals surface area contributed by atoms with E-state index in [1.807, 2.05) is 11.4 Å². The molecule has 0 atom stereocenters. The number of hydrogen-bond acceptors (Lipinski definition) is 3. The molecule has 0 amide bonds. The van der Waals surface area contributed by atoms with Crippen LogP contribution in [0.25, 0.3) is 0 Å². The van der Waals surface area contributed by atoms with E-state index in [9.17, 15) is 4.79 Å². The molecular formula is C11H16NO2S+. The summed E-state index contributed by atoms with van der Waals surface area (Å²) < 4.78 is 5.20.